The van der Waals surface area contributed by atoms with Crippen LogP contribution in [0.3, 0.4) is 0 Å². The quantitative estimate of drug-likeness (QED) is 0.632. The number of hydrogen-bond acceptors (Lipinski definition) is 3. The van der Waals surface area contributed by atoms with Crippen LogP contribution in [0.4, 0.5) is 0 Å². The number of benzene rings is 2. The highest BCUT2D eigenvalue weighted by Gasteiger charge is 2.12. The molecular weight excluding hydrogens is 298 g/mol. The van der Waals surface area contributed by atoms with E-state index in [1.54, 1.807) is 13.1 Å². The Balaban J connectivity index is 1.91. The van der Waals surface area contributed by atoms with Crippen molar-refractivity contribution in [2.24, 2.45) is 0 Å². The molecule has 0 aliphatic carbocycles. The SMILES string of the molecule is CC(=O)c1cc(-c2cnccc2C)ccc1OCc1ccccc1. The van der Waals surface area contributed by atoms with E-state index in [0.717, 1.165) is 22.3 Å². The Hall–Kier alpha value is -2.94. The molecule has 1 heterocycles. The topological polar surface area (TPSA) is 39.2 Å². The molecule has 3 rings (SSSR count). The van der Waals surface area contributed by atoms with Crippen LogP contribution in [0.15, 0.2) is 67.0 Å². The van der Waals surface area contributed by atoms with Gasteiger partial charge in [-0.05, 0) is 48.7 Å². The second kappa shape index (κ2) is 7.09. The Morgan fingerprint density at radius 3 is 2.58 bits per heavy atom. The van der Waals surface area contributed by atoms with Gasteiger partial charge in [0.15, 0.2) is 5.78 Å². The van der Waals surface area contributed by atoms with Crippen LogP contribution in [0.1, 0.15) is 28.4 Å². The van der Waals surface area contributed by atoms with Crippen molar-refractivity contribution in [1.82, 2.24) is 4.98 Å². The number of ether oxygens (including phenoxy) is 1. The molecule has 3 heteroatoms. The Labute approximate surface area is 142 Å². The molecule has 0 radical (unpaired) electrons. The summed E-state index contributed by atoms with van der Waals surface area (Å²) in [6.45, 7) is 4.03. The van der Waals surface area contributed by atoms with Gasteiger partial charge in [0, 0.05) is 18.0 Å². The van der Waals surface area contributed by atoms with Crippen LogP contribution in [0, 0.1) is 6.92 Å². The van der Waals surface area contributed by atoms with E-state index in [0.29, 0.717) is 17.9 Å². The van der Waals surface area contributed by atoms with Crippen molar-refractivity contribution < 1.29 is 9.53 Å². The Kier molecular flexibility index (Phi) is 4.71. The van der Waals surface area contributed by atoms with Crippen LogP contribution in [-0.4, -0.2) is 10.8 Å². The van der Waals surface area contributed by atoms with E-state index in [4.69, 9.17) is 4.74 Å². The number of aryl methyl sites for hydroxylation is 1. The molecular formula is C21H19NO2. The number of carbonyl (C=O) groups is 1. The first-order chi connectivity index (χ1) is 11.6. The van der Waals surface area contributed by atoms with Crippen LogP contribution in [0.25, 0.3) is 11.1 Å². The van der Waals surface area contributed by atoms with Crippen molar-refractivity contribution in [3.05, 3.63) is 83.7 Å². The van der Waals surface area contributed by atoms with Crippen LogP contribution < -0.4 is 4.74 Å². The van der Waals surface area contributed by atoms with Gasteiger partial charge in [-0.3, -0.25) is 9.78 Å². The van der Waals surface area contributed by atoms with Crippen molar-refractivity contribution in [2.75, 3.05) is 0 Å². The zero-order valence-electron chi connectivity index (χ0n) is 13.8. The molecule has 0 amide bonds. The van der Waals surface area contributed by atoms with E-state index in [1.165, 1.54) is 0 Å². The van der Waals surface area contributed by atoms with Gasteiger partial charge < -0.3 is 4.74 Å². The molecule has 0 aliphatic rings. The van der Waals surface area contributed by atoms with Gasteiger partial charge in [-0.25, -0.2) is 0 Å². The zero-order valence-corrected chi connectivity index (χ0v) is 13.8. The molecule has 2 aromatic carbocycles. The fraction of sp³-hybridized carbons (Fsp3) is 0.143. The standard InChI is InChI=1S/C21H19NO2/c1-15-10-11-22-13-20(15)18-8-9-21(19(12-18)16(2)23)24-14-17-6-4-3-5-7-17/h3-13H,14H2,1-2H3. The minimum atomic E-state index is -0.0125. The zero-order chi connectivity index (χ0) is 16.9. The van der Waals surface area contributed by atoms with Gasteiger partial charge in [-0.15, -0.1) is 0 Å². The number of hydrogen-bond donors (Lipinski definition) is 0. The van der Waals surface area contributed by atoms with Crippen LogP contribution in [-0.2, 0) is 6.61 Å². The normalized spacial score (nSPS) is 10.4. The number of nitrogens with zero attached hydrogens (tertiary/aromatic N) is 1. The summed E-state index contributed by atoms with van der Waals surface area (Å²) < 4.78 is 5.87. The van der Waals surface area contributed by atoms with Crippen molar-refractivity contribution in [1.29, 1.82) is 0 Å². The third-order valence-electron chi connectivity index (χ3n) is 3.95. The van der Waals surface area contributed by atoms with Crippen molar-refractivity contribution in [3.8, 4) is 16.9 Å². The minimum absolute atomic E-state index is 0.0125. The monoisotopic (exact) mass is 317 g/mol. The van der Waals surface area contributed by atoms with Gasteiger partial charge in [0.2, 0.25) is 0 Å². The average Bonchev–Trinajstić information content (AvgIpc) is 2.61. The summed E-state index contributed by atoms with van der Waals surface area (Å²) in [4.78, 5) is 16.2. The minimum Gasteiger partial charge on any atom is -0.488 e. The third-order valence-corrected chi connectivity index (χ3v) is 3.95. The number of rotatable bonds is 5. The molecule has 0 atom stereocenters. The maximum atomic E-state index is 12.1. The lowest BCUT2D eigenvalue weighted by atomic mass is 9.99. The first kappa shape index (κ1) is 15.9. The highest BCUT2D eigenvalue weighted by atomic mass is 16.5. The predicted molar refractivity (Wildman–Crippen MR) is 95.2 cm³/mol. The maximum Gasteiger partial charge on any atom is 0.163 e. The molecule has 0 saturated carbocycles. The second-order valence-electron chi connectivity index (χ2n) is 5.73. The van der Waals surface area contributed by atoms with E-state index in [-0.39, 0.29) is 5.78 Å². The number of ketones is 1. The van der Waals surface area contributed by atoms with Crippen molar-refractivity contribution in [2.45, 2.75) is 20.5 Å². The molecule has 3 aromatic rings. The summed E-state index contributed by atoms with van der Waals surface area (Å²) >= 11 is 0. The molecule has 0 N–H and O–H groups in total. The highest BCUT2D eigenvalue weighted by Crippen LogP contribution is 2.29. The van der Waals surface area contributed by atoms with E-state index in [2.05, 4.69) is 4.98 Å². The molecule has 0 spiro atoms. The molecule has 0 bridgehead atoms. The molecule has 0 aliphatic heterocycles. The number of Topliss-reactive ketones (excluding diaryl/α,β-unsaturated/α-hetero) is 1. The van der Waals surface area contributed by atoms with Gasteiger partial charge >= 0.3 is 0 Å². The molecule has 3 nitrogen and oxygen atoms in total. The van der Waals surface area contributed by atoms with E-state index >= 15 is 0 Å². The summed E-state index contributed by atoms with van der Waals surface area (Å²) in [5.41, 5.74) is 4.77. The van der Waals surface area contributed by atoms with Gasteiger partial charge in [-0.2, -0.15) is 0 Å². The van der Waals surface area contributed by atoms with Crippen LogP contribution in [0.5, 0.6) is 5.75 Å². The fourth-order valence-corrected chi connectivity index (χ4v) is 2.60. The van der Waals surface area contributed by atoms with Gasteiger partial charge in [0.25, 0.3) is 0 Å². The number of pyridine rings is 1. The fourth-order valence-electron chi connectivity index (χ4n) is 2.60. The molecule has 24 heavy (non-hydrogen) atoms. The second-order valence-corrected chi connectivity index (χ2v) is 5.73. The number of carbonyl (C=O) groups excluding carboxylic acids is 1. The number of aromatic nitrogens is 1. The molecule has 120 valence electrons. The van der Waals surface area contributed by atoms with Gasteiger partial charge in [0.05, 0.1) is 5.56 Å². The summed E-state index contributed by atoms with van der Waals surface area (Å²) in [7, 11) is 0. The Morgan fingerprint density at radius 2 is 1.88 bits per heavy atom. The lowest BCUT2D eigenvalue weighted by Gasteiger charge is -2.12. The largest absolute Gasteiger partial charge is 0.488 e. The summed E-state index contributed by atoms with van der Waals surface area (Å²) in [6.07, 6.45) is 3.58. The van der Waals surface area contributed by atoms with Crippen LogP contribution >= 0.6 is 0 Å². The highest BCUT2D eigenvalue weighted by molar-refractivity contribution is 5.98. The molecule has 0 saturated heterocycles. The Morgan fingerprint density at radius 1 is 1.08 bits per heavy atom. The third kappa shape index (κ3) is 3.51. The lowest BCUT2D eigenvalue weighted by molar-refractivity contribution is 0.101. The van der Waals surface area contributed by atoms with Gasteiger partial charge in [0.1, 0.15) is 12.4 Å². The molecule has 0 unspecified atom stereocenters. The van der Waals surface area contributed by atoms with E-state index < -0.39 is 0 Å². The first-order valence-electron chi connectivity index (χ1n) is 7.88. The smallest absolute Gasteiger partial charge is 0.163 e. The van der Waals surface area contributed by atoms with Crippen molar-refractivity contribution >= 4 is 5.78 Å². The summed E-state index contributed by atoms with van der Waals surface area (Å²) in [5.74, 6) is 0.595. The maximum absolute atomic E-state index is 12.1. The average molecular weight is 317 g/mol. The van der Waals surface area contributed by atoms with Crippen molar-refractivity contribution in [3.63, 3.8) is 0 Å². The van der Waals surface area contributed by atoms with Gasteiger partial charge in [-0.1, -0.05) is 36.4 Å². The van der Waals surface area contributed by atoms with E-state index in [9.17, 15) is 4.79 Å². The Bertz CT molecular complexity index is 857. The molecule has 1 aromatic heterocycles. The van der Waals surface area contributed by atoms with E-state index in [1.807, 2.05) is 67.7 Å². The predicted octanol–water partition coefficient (Wildman–Crippen LogP) is 4.84. The lowest BCUT2D eigenvalue weighted by Crippen LogP contribution is -2.02. The first-order valence-corrected chi connectivity index (χ1v) is 7.88. The van der Waals surface area contributed by atoms with Crippen LogP contribution in [0.2, 0.25) is 0 Å². The summed E-state index contributed by atoms with van der Waals surface area (Å²) in [5, 5.41) is 0. The molecule has 0 fully saturated rings. The summed E-state index contributed by atoms with van der Waals surface area (Å²) in [6, 6.07) is 17.6.